The summed E-state index contributed by atoms with van der Waals surface area (Å²) in [6.07, 6.45) is 1.72. The van der Waals surface area contributed by atoms with Crippen LogP contribution in [0.15, 0.2) is 54.0 Å². The summed E-state index contributed by atoms with van der Waals surface area (Å²) in [5, 5.41) is 4.78. The lowest BCUT2D eigenvalue weighted by atomic mass is 10.1. The molecule has 0 aliphatic rings. The second kappa shape index (κ2) is 7.23. The molecule has 6 heteroatoms. The lowest BCUT2D eigenvalue weighted by molar-refractivity contribution is 0.0950. The van der Waals surface area contributed by atoms with Gasteiger partial charge in [0.25, 0.3) is 5.91 Å². The number of halogens is 1. The normalized spacial score (nSPS) is 10.4. The highest BCUT2D eigenvalue weighted by molar-refractivity contribution is 7.13. The second-order valence-electron chi connectivity index (χ2n) is 5.02. The molecule has 0 aliphatic carbocycles. The molecule has 3 rings (SSSR count). The third-order valence-corrected chi connectivity index (χ3v) is 4.38. The van der Waals surface area contributed by atoms with Crippen LogP contribution in [0, 0.1) is 5.82 Å². The molecule has 0 saturated heterocycles. The molecule has 2 heterocycles. The van der Waals surface area contributed by atoms with Crippen LogP contribution in [0.5, 0.6) is 5.75 Å². The Morgan fingerprint density at radius 2 is 2.17 bits per heavy atom. The predicted octanol–water partition coefficient (Wildman–Crippen LogP) is 3.89. The molecule has 24 heavy (non-hydrogen) atoms. The van der Waals surface area contributed by atoms with Crippen molar-refractivity contribution in [3.63, 3.8) is 0 Å². The van der Waals surface area contributed by atoms with Gasteiger partial charge in [0.15, 0.2) is 11.6 Å². The van der Waals surface area contributed by atoms with E-state index in [4.69, 9.17) is 4.74 Å². The average Bonchev–Trinajstić information content (AvgIpc) is 3.14. The van der Waals surface area contributed by atoms with Gasteiger partial charge in [-0.3, -0.25) is 9.78 Å². The van der Waals surface area contributed by atoms with E-state index >= 15 is 0 Å². The summed E-state index contributed by atoms with van der Waals surface area (Å²) in [6, 6.07) is 11.8. The number of benzene rings is 1. The number of amides is 1. The first-order chi connectivity index (χ1) is 11.7. The SMILES string of the molecule is COc1ccc(C(=O)NCc2cccnc2-c2cccs2)cc1F. The smallest absolute Gasteiger partial charge is 0.251 e. The van der Waals surface area contributed by atoms with E-state index in [9.17, 15) is 9.18 Å². The van der Waals surface area contributed by atoms with E-state index in [1.165, 1.54) is 19.2 Å². The van der Waals surface area contributed by atoms with Crippen molar-refractivity contribution in [3.8, 4) is 16.3 Å². The molecule has 0 atom stereocenters. The maximum Gasteiger partial charge on any atom is 0.251 e. The summed E-state index contributed by atoms with van der Waals surface area (Å²) >= 11 is 1.59. The predicted molar refractivity (Wildman–Crippen MR) is 91.7 cm³/mol. The zero-order chi connectivity index (χ0) is 16.9. The van der Waals surface area contributed by atoms with Crippen LogP contribution in [0.4, 0.5) is 4.39 Å². The van der Waals surface area contributed by atoms with Gasteiger partial charge in [-0.1, -0.05) is 12.1 Å². The van der Waals surface area contributed by atoms with Crippen molar-refractivity contribution in [2.24, 2.45) is 0 Å². The van der Waals surface area contributed by atoms with Crippen molar-refractivity contribution >= 4 is 17.2 Å². The van der Waals surface area contributed by atoms with Crippen molar-refractivity contribution < 1.29 is 13.9 Å². The summed E-state index contributed by atoms with van der Waals surface area (Å²) < 4.78 is 18.6. The first-order valence-corrected chi connectivity index (χ1v) is 8.16. The maximum absolute atomic E-state index is 13.7. The molecule has 2 aromatic heterocycles. The van der Waals surface area contributed by atoms with E-state index in [0.29, 0.717) is 6.54 Å². The fourth-order valence-corrected chi connectivity index (χ4v) is 3.06. The number of nitrogens with zero attached hydrogens (tertiary/aromatic N) is 1. The van der Waals surface area contributed by atoms with Gasteiger partial charge in [-0.25, -0.2) is 4.39 Å². The molecule has 1 aromatic carbocycles. The molecule has 1 amide bonds. The largest absolute Gasteiger partial charge is 0.494 e. The number of carbonyl (C=O) groups is 1. The van der Waals surface area contributed by atoms with E-state index in [1.54, 1.807) is 17.5 Å². The Bertz CT molecular complexity index is 850. The Hall–Kier alpha value is -2.73. The van der Waals surface area contributed by atoms with Crippen molar-refractivity contribution in [1.29, 1.82) is 0 Å². The van der Waals surface area contributed by atoms with Gasteiger partial charge >= 0.3 is 0 Å². The minimum Gasteiger partial charge on any atom is -0.494 e. The van der Waals surface area contributed by atoms with E-state index < -0.39 is 5.82 Å². The lowest BCUT2D eigenvalue weighted by Crippen LogP contribution is -2.23. The van der Waals surface area contributed by atoms with E-state index in [2.05, 4.69) is 10.3 Å². The van der Waals surface area contributed by atoms with Gasteiger partial charge in [-0.05, 0) is 41.3 Å². The van der Waals surface area contributed by atoms with Crippen LogP contribution in [0.1, 0.15) is 15.9 Å². The molecule has 0 spiro atoms. The van der Waals surface area contributed by atoms with Gasteiger partial charge in [0.05, 0.1) is 17.7 Å². The summed E-state index contributed by atoms with van der Waals surface area (Å²) in [6.45, 7) is 0.313. The molecule has 4 nitrogen and oxygen atoms in total. The number of thiophene rings is 1. The summed E-state index contributed by atoms with van der Waals surface area (Å²) in [4.78, 5) is 17.7. The van der Waals surface area contributed by atoms with Crippen LogP contribution in [-0.2, 0) is 6.54 Å². The highest BCUT2D eigenvalue weighted by Gasteiger charge is 2.12. The van der Waals surface area contributed by atoms with Gasteiger partial charge < -0.3 is 10.1 Å². The minimum atomic E-state index is -0.564. The molecular formula is C18H15FN2O2S. The highest BCUT2D eigenvalue weighted by Crippen LogP contribution is 2.25. The maximum atomic E-state index is 13.7. The number of nitrogens with one attached hydrogen (secondary N) is 1. The number of ether oxygens (including phenoxy) is 1. The van der Waals surface area contributed by atoms with Crippen LogP contribution in [0.25, 0.3) is 10.6 Å². The Labute approximate surface area is 142 Å². The molecule has 122 valence electrons. The quantitative estimate of drug-likeness (QED) is 0.765. The monoisotopic (exact) mass is 342 g/mol. The Morgan fingerprint density at radius 1 is 1.29 bits per heavy atom. The fourth-order valence-electron chi connectivity index (χ4n) is 2.30. The van der Waals surface area contributed by atoms with Crippen LogP contribution in [-0.4, -0.2) is 18.0 Å². The number of hydrogen-bond donors (Lipinski definition) is 1. The second-order valence-corrected chi connectivity index (χ2v) is 5.97. The molecule has 0 aliphatic heterocycles. The van der Waals surface area contributed by atoms with Crippen LogP contribution in [0.3, 0.4) is 0 Å². The van der Waals surface area contributed by atoms with Gasteiger partial charge in [0.2, 0.25) is 0 Å². The number of methoxy groups -OCH3 is 1. The van der Waals surface area contributed by atoms with Crippen molar-refractivity contribution in [3.05, 3.63) is 71.0 Å². The lowest BCUT2D eigenvalue weighted by Gasteiger charge is -2.09. The summed E-state index contributed by atoms with van der Waals surface area (Å²) in [5.74, 6) is -0.804. The third kappa shape index (κ3) is 3.44. The van der Waals surface area contributed by atoms with E-state index in [1.807, 2.05) is 29.6 Å². The Morgan fingerprint density at radius 3 is 2.88 bits per heavy atom. The molecule has 0 radical (unpaired) electrons. The van der Waals surface area contributed by atoms with Gasteiger partial charge in [-0.15, -0.1) is 11.3 Å². The van der Waals surface area contributed by atoms with E-state index in [-0.39, 0.29) is 17.2 Å². The number of carbonyl (C=O) groups excluding carboxylic acids is 1. The average molecular weight is 342 g/mol. The van der Waals surface area contributed by atoms with Gasteiger partial charge in [0, 0.05) is 18.3 Å². The molecule has 0 bridgehead atoms. The molecule has 0 saturated carbocycles. The zero-order valence-corrected chi connectivity index (χ0v) is 13.8. The summed E-state index contributed by atoms with van der Waals surface area (Å²) in [5.41, 5.74) is 1.99. The van der Waals surface area contributed by atoms with Crippen LogP contribution in [0.2, 0.25) is 0 Å². The highest BCUT2D eigenvalue weighted by atomic mass is 32.1. The molecular weight excluding hydrogens is 327 g/mol. The first-order valence-electron chi connectivity index (χ1n) is 7.28. The van der Waals surface area contributed by atoms with Crippen molar-refractivity contribution in [2.45, 2.75) is 6.54 Å². The molecule has 0 fully saturated rings. The van der Waals surface area contributed by atoms with Crippen molar-refractivity contribution in [1.82, 2.24) is 10.3 Å². The van der Waals surface area contributed by atoms with Crippen molar-refractivity contribution in [2.75, 3.05) is 7.11 Å². The fraction of sp³-hybridized carbons (Fsp3) is 0.111. The topological polar surface area (TPSA) is 51.2 Å². The van der Waals surface area contributed by atoms with Gasteiger partial charge in [-0.2, -0.15) is 0 Å². The number of rotatable bonds is 5. The standard InChI is InChI=1S/C18H15FN2O2S/c1-23-15-7-6-12(10-14(15)19)18(22)21-11-13-4-2-8-20-17(13)16-5-3-9-24-16/h2-10H,11H2,1H3,(H,21,22). The number of pyridine rings is 1. The third-order valence-electron chi connectivity index (χ3n) is 3.50. The number of aromatic nitrogens is 1. The number of hydrogen-bond acceptors (Lipinski definition) is 4. The van der Waals surface area contributed by atoms with Gasteiger partial charge in [0.1, 0.15) is 0 Å². The molecule has 3 aromatic rings. The van der Waals surface area contributed by atoms with Crippen LogP contribution >= 0.6 is 11.3 Å². The Kier molecular flexibility index (Phi) is 4.86. The van der Waals surface area contributed by atoms with E-state index in [0.717, 1.165) is 22.2 Å². The molecule has 0 unspecified atom stereocenters. The zero-order valence-electron chi connectivity index (χ0n) is 13.0. The Balaban J connectivity index is 1.74. The first kappa shape index (κ1) is 16.1. The minimum absolute atomic E-state index is 0.110. The molecule has 1 N–H and O–H groups in total. The van der Waals surface area contributed by atoms with Crippen LogP contribution < -0.4 is 10.1 Å². The summed E-state index contributed by atoms with van der Waals surface area (Å²) in [7, 11) is 1.38.